The molecular weight excluding hydrogens is 252 g/mol. The van der Waals surface area contributed by atoms with Gasteiger partial charge in [-0.15, -0.1) is 0 Å². The number of piperidine rings is 1. The minimum absolute atomic E-state index is 0.00245. The van der Waals surface area contributed by atoms with E-state index < -0.39 is 9.84 Å². The molecule has 0 aromatic rings. The minimum Gasteiger partial charge on any atom is -0.352 e. The molecule has 0 aromatic carbocycles. The molecule has 5 nitrogen and oxygen atoms in total. The van der Waals surface area contributed by atoms with Crippen LogP contribution in [0.5, 0.6) is 0 Å². The van der Waals surface area contributed by atoms with Gasteiger partial charge in [-0.25, -0.2) is 8.42 Å². The van der Waals surface area contributed by atoms with Crippen molar-refractivity contribution in [2.45, 2.75) is 39.2 Å². The van der Waals surface area contributed by atoms with Gasteiger partial charge in [-0.2, -0.15) is 0 Å². The molecule has 1 atom stereocenters. The number of hydrogen-bond donors (Lipinski definition) is 2. The molecule has 6 heteroatoms. The molecule has 106 valence electrons. The lowest BCUT2D eigenvalue weighted by atomic mass is 9.75. The van der Waals surface area contributed by atoms with Gasteiger partial charge in [0, 0.05) is 12.3 Å². The van der Waals surface area contributed by atoms with Gasteiger partial charge in [-0.3, -0.25) is 4.79 Å². The Labute approximate surface area is 110 Å². The number of carbonyl (C=O) groups is 1. The SMILES string of the molecule is CCC1(C(=O)NC(C)CS(C)(=O)=O)CCNCC1. The van der Waals surface area contributed by atoms with Crippen LogP contribution in [0.25, 0.3) is 0 Å². The van der Waals surface area contributed by atoms with E-state index in [9.17, 15) is 13.2 Å². The molecule has 1 rings (SSSR count). The van der Waals surface area contributed by atoms with E-state index in [2.05, 4.69) is 10.6 Å². The number of amides is 1. The highest BCUT2D eigenvalue weighted by Crippen LogP contribution is 2.32. The summed E-state index contributed by atoms with van der Waals surface area (Å²) >= 11 is 0. The maximum absolute atomic E-state index is 12.3. The van der Waals surface area contributed by atoms with E-state index in [1.807, 2.05) is 6.92 Å². The van der Waals surface area contributed by atoms with Crippen LogP contribution >= 0.6 is 0 Å². The van der Waals surface area contributed by atoms with Crippen LogP contribution in [0.1, 0.15) is 33.1 Å². The van der Waals surface area contributed by atoms with Gasteiger partial charge in [0.2, 0.25) is 5.91 Å². The van der Waals surface area contributed by atoms with E-state index in [1.165, 1.54) is 6.26 Å². The van der Waals surface area contributed by atoms with Gasteiger partial charge in [-0.1, -0.05) is 6.92 Å². The van der Waals surface area contributed by atoms with Gasteiger partial charge in [-0.05, 0) is 39.3 Å². The van der Waals surface area contributed by atoms with Crippen molar-refractivity contribution in [1.82, 2.24) is 10.6 Å². The monoisotopic (exact) mass is 276 g/mol. The molecular formula is C12H24N2O3S. The first-order valence-electron chi connectivity index (χ1n) is 6.48. The predicted octanol–water partition coefficient (Wildman–Crippen LogP) is 0.316. The van der Waals surface area contributed by atoms with Crippen molar-refractivity contribution < 1.29 is 13.2 Å². The van der Waals surface area contributed by atoms with Crippen molar-refractivity contribution in [2.24, 2.45) is 5.41 Å². The maximum atomic E-state index is 12.3. The van der Waals surface area contributed by atoms with Gasteiger partial charge in [0.1, 0.15) is 9.84 Å². The number of hydrogen-bond acceptors (Lipinski definition) is 4. The van der Waals surface area contributed by atoms with E-state index in [4.69, 9.17) is 0 Å². The third-order valence-corrected chi connectivity index (χ3v) is 4.75. The third kappa shape index (κ3) is 4.24. The van der Waals surface area contributed by atoms with Crippen LogP contribution in [-0.2, 0) is 14.6 Å². The lowest BCUT2D eigenvalue weighted by molar-refractivity contribution is -0.133. The molecule has 0 bridgehead atoms. The van der Waals surface area contributed by atoms with E-state index in [-0.39, 0.29) is 23.1 Å². The predicted molar refractivity (Wildman–Crippen MR) is 72.1 cm³/mol. The van der Waals surface area contributed by atoms with Gasteiger partial charge in [0.15, 0.2) is 0 Å². The number of rotatable bonds is 5. The average Bonchev–Trinajstić information content (AvgIpc) is 2.27. The summed E-state index contributed by atoms with van der Waals surface area (Å²) in [4.78, 5) is 12.3. The highest BCUT2D eigenvalue weighted by atomic mass is 32.2. The van der Waals surface area contributed by atoms with Crippen molar-refractivity contribution in [3.05, 3.63) is 0 Å². The number of carbonyl (C=O) groups excluding carboxylic acids is 1. The van der Waals surface area contributed by atoms with Crippen LogP contribution in [0.4, 0.5) is 0 Å². The Morgan fingerprint density at radius 3 is 2.39 bits per heavy atom. The molecule has 1 heterocycles. The second-order valence-electron chi connectivity index (χ2n) is 5.35. The summed E-state index contributed by atoms with van der Waals surface area (Å²) in [6.07, 6.45) is 3.63. The van der Waals surface area contributed by atoms with Crippen LogP contribution in [0, 0.1) is 5.41 Å². The van der Waals surface area contributed by atoms with Gasteiger partial charge in [0.25, 0.3) is 0 Å². The Kier molecular flexibility index (Phi) is 5.16. The van der Waals surface area contributed by atoms with Crippen LogP contribution in [-0.4, -0.2) is 45.5 Å². The summed E-state index contributed by atoms with van der Waals surface area (Å²) in [7, 11) is -3.05. The fourth-order valence-electron chi connectivity index (χ4n) is 2.52. The van der Waals surface area contributed by atoms with Crippen LogP contribution in [0.2, 0.25) is 0 Å². The summed E-state index contributed by atoms with van der Waals surface area (Å²) in [6, 6.07) is -0.328. The highest BCUT2D eigenvalue weighted by Gasteiger charge is 2.38. The molecule has 0 saturated carbocycles. The van der Waals surface area contributed by atoms with E-state index in [1.54, 1.807) is 6.92 Å². The third-order valence-electron chi connectivity index (χ3n) is 3.65. The van der Waals surface area contributed by atoms with Gasteiger partial charge >= 0.3 is 0 Å². The summed E-state index contributed by atoms with van der Waals surface area (Å²) in [5, 5.41) is 6.10. The molecule has 1 aliphatic rings. The summed E-state index contributed by atoms with van der Waals surface area (Å²) in [5.41, 5.74) is -0.322. The zero-order valence-electron chi connectivity index (χ0n) is 11.5. The summed E-state index contributed by atoms with van der Waals surface area (Å²) < 4.78 is 22.4. The quantitative estimate of drug-likeness (QED) is 0.758. The fraction of sp³-hybridized carbons (Fsp3) is 0.917. The molecule has 0 aromatic heterocycles. The molecule has 1 unspecified atom stereocenters. The lowest BCUT2D eigenvalue weighted by Crippen LogP contribution is -2.50. The van der Waals surface area contributed by atoms with Crippen LogP contribution < -0.4 is 10.6 Å². The molecule has 1 fully saturated rings. The van der Waals surface area contributed by atoms with Crippen LogP contribution in [0.3, 0.4) is 0 Å². The van der Waals surface area contributed by atoms with Crippen molar-refractivity contribution in [3.8, 4) is 0 Å². The zero-order valence-corrected chi connectivity index (χ0v) is 12.3. The largest absolute Gasteiger partial charge is 0.352 e. The Balaban J connectivity index is 2.62. The zero-order chi connectivity index (χ0) is 13.8. The summed E-state index contributed by atoms with van der Waals surface area (Å²) in [5.74, 6) is -0.000736. The topological polar surface area (TPSA) is 75.3 Å². The van der Waals surface area contributed by atoms with Crippen molar-refractivity contribution in [1.29, 1.82) is 0 Å². The molecule has 1 aliphatic heterocycles. The highest BCUT2D eigenvalue weighted by molar-refractivity contribution is 7.90. The molecule has 18 heavy (non-hydrogen) atoms. The smallest absolute Gasteiger partial charge is 0.226 e. The Morgan fingerprint density at radius 1 is 1.39 bits per heavy atom. The molecule has 0 radical (unpaired) electrons. The molecule has 0 spiro atoms. The molecule has 0 aliphatic carbocycles. The second kappa shape index (κ2) is 6.02. The standard InChI is InChI=1S/C12H24N2O3S/c1-4-12(5-7-13-8-6-12)11(15)14-10(2)9-18(3,16)17/h10,13H,4-9H2,1-3H3,(H,14,15). The van der Waals surface area contributed by atoms with Gasteiger partial charge < -0.3 is 10.6 Å². The fourth-order valence-corrected chi connectivity index (χ4v) is 3.51. The second-order valence-corrected chi connectivity index (χ2v) is 7.54. The molecule has 1 amide bonds. The first-order valence-corrected chi connectivity index (χ1v) is 8.54. The van der Waals surface area contributed by atoms with Gasteiger partial charge in [0.05, 0.1) is 11.2 Å². The normalized spacial score (nSPS) is 21.3. The molecule has 1 saturated heterocycles. The van der Waals surface area contributed by atoms with Crippen molar-refractivity contribution >= 4 is 15.7 Å². The number of sulfone groups is 1. The van der Waals surface area contributed by atoms with E-state index >= 15 is 0 Å². The molecule has 2 N–H and O–H groups in total. The van der Waals surface area contributed by atoms with E-state index in [0.29, 0.717) is 0 Å². The van der Waals surface area contributed by atoms with Crippen molar-refractivity contribution in [3.63, 3.8) is 0 Å². The first-order chi connectivity index (χ1) is 8.29. The van der Waals surface area contributed by atoms with E-state index in [0.717, 1.165) is 32.4 Å². The summed E-state index contributed by atoms with van der Waals surface area (Å²) in [6.45, 7) is 5.46. The number of nitrogens with one attached hydrogen (secondary N) is 2. The van der Waals surface area contributed by atoms with Crippen LogP contribution in [0.15, 0.2) is 0 Å². The van der Waals surface area contributed by atoms with Crippen molar-refractivity contribution in [2.75, 3.05) is 25.1 Å². The Hall–Kier alpha value is -0.620. The lowest BCUT2D eigenvalue weighted by Gasteiger charge is -2.36. The average molecular weight is 276 g/mol. The minimum atomic E-state index is -3.05. The first kappa shape index (κ1) is 15.4. The Morgan fingerprint density at radius 2 is 1.94 bits per heavy atom. The Bertz CT molecular complexity index is 386. The maximum Gasteiger partial charge on any atom is 0.226 e.